The molecule has 0 spiro atoms. The van der Waals surface area contributed by atoms with E-state index in [1.165, 1.54) is 0 Å². The first-order chi connectivity index (χ1) is 14.2. The third kappa shape index (κ3) is 4.23. The number of rotatable bonds is 7. The number of Topliss-reactive ketones (excluding diaryl/α,β-unsaturated/α-hetero) is 1. The Balaban J connectivity index is 1.30. The van der Waals surface area contributed by atoms with E-state index in [4.69, 9.17) is 14.2 Å². The highest BCUT2D eigenvalue weighted by atomic mass is 16.5. The van der Waals surface area contributed by atoms with E-state index in [1.54, 1.807) is 14.2 Å². The first-order valence-corrected chi connectivity index (χ1v) is 10.1. The summed E-state index contributed by atoms with van der Waals surface area (Å²) in [6.07, 6.45) is 0.742. The maximum absolute atomic E-state index is 13.0. The molecule has 0 amide bonds. The molecule has 2 aromatic carbocycles. The number of hydrogen-bond donors (Lipinski definition) is 0. The van der Waals surface area contributed by atoms with Crippen molar-refractivity contribution in [2.45, 2.75) is 12.5 Å². The number of carbonyl (C=O) groups excluding carboxylic acids is 1. The predicted molar refractivity (Wildman–Crippen MR) is 111 cm³/mol. The van der Waals surface area contributed by atoms with Gasteiger partial charge in [0.15, 0.2) is 17.3 Å². The van der Waals surface area contributed by atoms with Crippen LogP contribution in [-0.4, -0.2) is 75.2 Å². The molecule has 0 saturated carbocycles. The van der Waals surface area contributed by atoms with Crippen LogP contribution in [0.4, 0.5) is 0 Å². The van der Waals surface area contributed by atoms with E-state index in [-0.39, 0.29) is 11.8 Å². The zero-order valence-corrected chi connectivity index (χ0v) is 17.1. The summed E-state index contributed by atoms with van der Waals surface area (Å²) < 4.78 is 16.6. The van der Waals surface area contributed by atoms with Crippen LogP contribution in [0, 0.1) is 0 Å². The van der Waals surface area contributed by atoms with E-state index >= 15 is 0 Å². The van der Waals surface area contributed by atoms with Crippen molar-refractivity contribution < 1.29 is 19.0 Å². The standard InChI is InChI=1S/C23H28N2O4/c1-27-21-15-17-14-20(23(26)19(17)16-22(21)28-2)25-10-8-24(9-11-25)12-13-29-18-6-4-3-5-7-18/h3-7,15-16,20H,8-14H2,1-2H3. The van der Waals surface area contributed by atoms with Crippen molar-refractivity contribution in [3.05, 3.63) is 53.6 Å². The number of fused-ring (bicyclic) bond motifs is 1. The lowest BCUT2D eigenvalue weighted by atomic mass is 10.1. The van der Waals surface area contributed by atoms with Crippen molar-refractivity contribution in [2.24, 2.45) is 0 Å². The van der Waals surface area contributed by atoms with Gasteiger partial charge in [-0.05, 0) is 36.2 Å². The number of methoxy groups -OCH3 is 2. The number of ether oxygens (including phenoxy) is 3. The molecule has 2 aliphatic rings. The van der Waals surface area contributed by atoms with Gasteiger partial charge in [0.1, 0.15) is 12.4 Å². The van der Waals surface area contributed by atoms with E-state index in [2.05, 4.69) is 9.80 Å². The van der Waals surface area contributed by atoms with Crippen LogP contribution in [0.1, 0.15) is 15.9 Å². The van der Waals surface area contributed by atoms with Crippen molar-refractivity contribution in [3.8, 4) is 17.2 Å². The summed E-state index contributed by atoms with van der Waals surface area (Å²) >= 11 is 0. The van der Waals surface area contributed by atoms with Crippen molar-refractivity contribution in [3.63, 3.8) is 0 Å². The monoisotopic (exact) mass is 396 g/mol. The smallest absolute Gasteiger partial charge is 0.180 e. The minimum absolute atomic E-state index is 0.0791. The zero-order chi connectivity index (χ0) is 20.2. The number of hydrogen-bond acceptors (Lipinski definition) is 6. The average Bonchev–Trinajstić information content (AvgIpc) is 3.09. The Kier molecular flexibility index (Phi) is 6.02. The van der Waals surface area contributed by atoms with Gasteiger partial charge in [0.2, 0.25) is 0 Å². The molecule has 154 valence electrons. The summed E-state index contributed by atoms with van der Waals surface area (Å²) in [6.45, 7) is 5.26. The minimum atomic E-state index is -0.0791. The van der Waals surface area contributed by atoms with Gasteiger partial charge in [0.25, 0.3) is 0 Å². The first kappa shape index (κ1) is 19.7. The van der Waals surface area contributed by atoms with Crippen LogP contribution >= 0.6 is 0 Å². The Morgan fingerprint density at radius 1 is 0.966 bits per heavy atom. The van der Waals surface area contributed by atoms with Gasteiger partial charge in [-0.25, -0.2) is 0 Å². The number of nitrogens with zero attached hydrogens (tertiary/aromatic N) is 2. The molecule has 0 N–H and O–H groups in total. The summed E-state index contributed by atoms with van der Waals surface area (Å²) in [5.41, 5.74) is 1.82. The number of piperazine rings is 1. The molecule has 1 saturated heterocycles. The number of ketones is 1. The summed E-state index contributed by atoms with van der Waals surface area (Å²) in [6, 6.07) is 13.6. The Bertz CT molecular complexity index is 847. The zero-order valence-electron chi connectivity index (χ0n) is 17.1. The topological polar surface area (TPSA) is 51.2 Å². The van der Waals surface area contributed by atoms with Crippen LogP contribution in [0.25, 0.3) is 0 Å². The number of benzene rings is 2. The fraction of sp³-hybridized carbons (Fsp3) is 0.435. The van der Waals surface area contributed by atoms with E-state index < -0.39 is 0 Å². The summed E-state index contributed by atoms with van der Waals surface area (Å²) in [5.74, 6) is 2.40. The summed E-state index contributed by atoms with van der Waals surface area (Å²) in [7, 11) is 3.22. The normalized spacial score (nSPS) is 19.8. The Morgan fingerprint density at radius 3 is 2.34 bits per heavy atom. The SMILES string of the molecule is COc1cc2c(cc1OC)C(=O)C(N1CCN(CCOc3ccccc3)CC1)C2. The van der Waals surface area contributed by atoms with Gasteiger partial charge in [0.05, 0.1) is 20.3 Å². The lowest BCUT2D eigenvalue weighted by Crippen LogP contribution is -2.52. The Labute approximate surface area is 172 Å². The van der Waals surface area contributed by atoms with Gasteiger partial charge < -0.3 is 14.2 Å². The van der Waals surface area contributed by atoms with Crippen LogP contribution in [0.5, 0.6) is 17.2 Å². The van der Waals surface area contributed by atoms with Gasteiger partial charge >= 0.3 is 0 Å². The van der Waals surface area contributed by atoms with Gasteiger partial charge in [-0.2, -0.15) is 0 Å². The summed E-state index contributed by atoms with van der Waals surface area (Å²) in [4.78, 5) is 17.7. The number of carbonyl (C=O) groups is 1. The number of para-hydroxylation sites is 1. The van der Waals surface area contributed by atoms with Gasteiger partial charge in [-0.1, -0.05) is 18.2 Å². The molecule has 1 unspecified atom stereocenters. The van der Waals surface area contributed by atoms with Gasteiger partial charge in [-0.15, -0.1) is 0 Å². The van der Waals surface area contributed by atoms with Gasteiger partial charge in [-0.3, -0.25) is 14.6 Å². The second-order valence-electron chi connectivity index (χ2n) is 7.49. The molecule has 4 rings (SSSR count). The Morgan fingerprint density at radius 2 is 1.66 bits per heavy atom. The van der Waals surface area contributed by atoms with E-state index in [0.29, 0.717) is 18.1 Å². The molecule has 29 heavy (non-hydrogen) atoms. The molecule has 1 aliphatic carbocycles. The molecule has 0 radical (unpaired) electrons. The molecule has 0 bridgehead atoms. The molecule has 6 heteroatoms. The fourth-order valence-electron chi connectivity index (χ4n) is 4.20. The van der Waals surface area contributed by atoms with Crippen molar-refractivity contribution in [2.75, 3.05) is 53.6 Å². The highest BCUT2D eigenvalue weighted by molar-refractivity contribution is 6.05. The predicted octanol–water partition coefficient (Wildman–Crippen LogP) is 2.51. The fourth-order valence-corrected chi connectivity index (χ4v) is 4.20. The first-order valence-electron chi connectivity index (χ1n) is 10.1. The molecule has 2 aromatic rings. The highest BCUT2D eigenvalue weighted by Crippen LogP contribution is 2.36. The molecular formula is C23H28N2O4. The average molecular weight is 396 g/mol. The quantitative estimate of drug-likeness (QED) is 0.717. The molecule has 1 atom stereocenters. The third-order valence-electron chi connectivity index (χ3n) is 5.86. The lowest BCUT2D eigenvalue weighted by Gasteiger charge is -2.37. The largest absolute Gasteiger partial charge is 0.493 e. The second kappa shape index (κ2) is 8.84. The highest BCUT2D eigenvalue weighted by Gasteiger charge is 2.37. The van der Waals surface area contributed by atoms with E-state index in [1.807, 2.05) is 42.5 Å². The van der Waals surface area contributed by atoms with Crippen LogP contribution in [0.3, 0.4) is 0 Å². The minimum Gasteiger partial charge on any atom is -0.493 e. The lowest BCUT2D eigenvalue weighted by molar-refractivity contribution is 0.0667. The van der Waals surface area contributed by atoms with Crippen molar-refractivity contribution in [1.29, 1.82) is 0 Å². The molecular weight excluding hydrogens is 368 g/mol. The molecule has 6 nitrogen and oxygen atoms in total. The van der Waals surface area contributed by atoms with Crippen LogP contribution in [0.15, 0.2) is 42.5 Å². The van der Waals surface area contributed by atoms with Crippen molar-refractivity contribution >= 4 is 5.78 Å². The maximum Gasteiger partial charge on any atom is 0.180 e. The van der Waals surface area contributed by atoms with Crippen molar-refractivity contribution in [1.82, 2.24) is 9.80 Å². The second-order valence-corrected chi connectivity index (χ2v) is 7.49. The molecule has 1 aliphatic heterocycles. The van der Waals surface area contributed by atoms with E-state index in [9.17, 15) is 4.79 Å². The van der Waals surface area contributed by atoms with Crippen LogP contribution in [0.2, 0.25) is 0 Å². The third-order valence-corrected chi connectivity index (χ3v) is 5.86. The Hall–Kier alpha value is -2.57. The molecule has 1 fully saturated rings. The van der Waals surface area contributed by atoms with Crippen LogP contribution in [-0.2, 0) is 6.42 Å². The molecule has 0 aromatic heterocycles. The maximum atomic E-state index is 13.0. The summed E-state index contributed by atoms with van der Waals surface area (Å²) in [5, 5.41) is 0. The molecule has 1 heterocycles. The van der Waals surface area contributed by atoms with Crippen LogP contribution < -0.4 is 14.2 Å². The van der Waals surface area contributed by atoms with E-state index in [0.717, 1.165) is 56.0 Å². The van der Waals surface area contributed by atoms with Gasteiger partial charge in [0, 0.05) is 38.3 Å².